The van der Waals surface area contributed by atoms with Crippen LogP contribution in [-0.4, -0.2) is 5.24 Å². The van der Waals surface area contributed by atoms with E-state index in [4.69, 9.17) is 4.79 Å². The van der Waals surface area contributed by atoms with Crippen molar-refractivity contribution in [1.29, 1.82) is 0 Å². The Morgan fingerprint density at radius 3 is 1.80 bits per heavy atom. The number of carbonyl (C=O) groups excluding carboxylic acids is 1. The normalized spacial score (nSPS) is 5.00. The van der Waals surface area contributed by atoms with Crippen LogP contribution in [0.15, 0.2) is 0 Å². The summed E-state index contributed by atoms with van der Waals surface area (Å²) in [7, 11) is 0. The fourth-order valence-electron chi connectivity index (χ4n) is 0. The monoisotopic (exact) mass is 261 g/mol. The second kappa shape index (κ2) is 4.52. The molecule has 0 amide bonds. The van der Waals surface area contributed by atoms with Crippen LogP contribution in [0, 0.1) is 6.92 Å². The molecule has 1 nitrogen and oxygen atoms in total. The maximum absolute atomic E-state index is 9.10. The summed E-state index contributed by atoms with van der Waals surface area (Å²) in [5, 5.41) is -0.611. The number of hydrogen-bond donors (Lipinski definition) is 0. The summed E-state index contributed by atoms with van der Waals surface area (Å²) in [6.45, 7) is 2.77. The van der Waals surface area contributed by atoms with Gasteiger partial charge < -0.3 is 11.7 Å². The van der Waals surface area contributed by atoms with Gasteiger partial charge in [-0.05, 0) is 0 Å². The Labute approximate surface area is 50.0 Å². The van der Waals surface area contributed by atoms with Crippen molar-refractivity contribution in [2.45, 2.75) is 0 Å². The molecule has 0 bridgehead atoms. The average molecular weight is 261 g/mol. The Hall–Kier alpha value is 0.518. The molecule has 30 valence electrons. The largest absolute Gasteiger partial charge is 0.323 e. The topological polar surface area (TPSA) is 17.1 Å². The maximum atomic E-state index is 9.10. The summed E-state index contributed by atoms with van der Waals surface area (Å²) in [5.41, 5.74) is 0. The van der Waals surface area contributed by atoms with Crippen molar-refractivity contribution in [3.8, 4) is 0 Å². The molecule has 0 saturated carbocycles. The van der Waals surface area contributed by atoms with Crippen molar-refractivity contribution in [2.24, 2.45) is 0 Å². The molecular formula is C2H2ClOW-. The summed E-state index contributed by atoms with van der Waals surface area (Å²) in [6.07, 6.45) is 0. The summed E-state index contributed by atoms with van der Waals surface area (Å²) in [5.74, 6) is 0. The van der Waals surface area contributed by atoms with Crippen LogP contribution in [0.2, 0.25) is 0 Å². The Balaban J connectivity index is 0. The van der Waals surface area contributed by atoms with Crippen LogP contribution < -0.4 is 0 Å². The first-order valence-electron chi connectivity index (χ1n) is 0.747. The molecule has 0 rings (SSSR count). The second-order valence-corrected chi connectivity index (χ2v) is 0.777. The molecule has 0 aliphatic rings. The van der Waals surface area contributed by atoms with E-state index < -0.39 is 5.24 Å². The molecule has 0 N–H and O–H groups in total. The molecule has 0 aromatic heterocycles. The van der Waals surface area contributed by atoms with Crippen LogP contribution in [0.4, 0.5) is 0 Å². The SMILES string of the molecule is [CH2-]C(=O)Cl.[W]. The van der Waals surface area contributed by atoms with E-state index in [2.05, 4.69) is 18.5 Å². The minimum absolute atomic E-state index is 0. The van der Waals surface area contributed by atoms with E-state index >= 15 is 0 Å². The fraction of sp³-hybridized carbons (Fsp3) is 0. The van der Waals surface area contributed by atoms with E-state index in [1.54, 1.807) is 0 Å². The summed E-state index contributed by atoms with van der Waals surface area (Å²) in [6, 6.07) is 0. The minimum atomic E-state index is -0.611. The fourth-order valence-corrected chi connectivity index (χ4v) is 0. The van der Waals surface area contributed by atoms with Crippen LogP contribution in [0.1, 0.15) is 0 Å². The van der Waals surface area contributed by atoms with E-state index in [1.165, 1.54) is 0 Å². The van der Waals surface area contributed by atoms with Crippen molar-refractivity contribution >= 4 is 16.8 Å². The molecule has 0 unspecified atom stereocenters. The first-order chi connectivity index (χ1) is 1.73. The van der Waals surface area contributed by atoms with Gasteiger partial charge >= 0.3 is 0 Å². The predicted octanol–water partition coefficient (Wildman–Crippen LogP) is 0.583. The molecule has 0 aliphatic carbocycles. The standard InChI is InChI=1S/C2H2ClO.W/c1-2(3)4;/h1H2;/q-1;. The number of rotatable bonds is 0. The predicted molar refractivity (Wildman–Crippen MR) is 16.2 cm³/mol. The molecule has 5 heavy (non-hydrogen) atoms. The van der Waals surface area contributed by atoms with Gasteiger partial charge in [-0.1, -0.05) is 11.6 Å². The van der Waals surface area contributed by atoms with Crippen LogP contribution >= 0.6 is 11.6 Å². The van der Waals surface area contributed by atoms with Gasteiger partial charge in [-0.15, -0.1) is 0 Å². The minimum Gasteiger partial charge on any atom is -0.323 e. The molecule has 0 saturated heterocycles. The molecule has 0 aliphatic heterocycles. The first kappa shape index (κ1) is 9.10. The van der Waals surface area contributed by atoms with Gasteiger partial charge in [0.1, 0.15) is 0 Å². The summed E-state index contributed by atoms with van der Waals surface area (Å²) < 4.78 is 0. The van der Waals surface area contributed by atoms with E-state index in [0.29, 0.717) is 0 Å². The molecule has 0 radical (unpaired) electrons. The van der Waals surface area contributed by atoms with Crippen molar-refractivity contribution in [3.05, 3.63) is 6.92 Å². The van der Waals surface area contributed by atoms with Gasteiger partial charge in [0, 0.05) is 21.1 Å². The third-order valence-electron chi connectivity index (χ3n) is 0. The molecule has 0 heterocycles. The smallest absolute Gasteiger partial charge is 0.0851 e. The quantitative estimate of drug-likeness (QED) is 0.460. The number of hydrogen-bond acceptors (Lipinski definition) is 1. The molecule has 0 spiro atoms. The van der Waals surface area contributed by atoms with Gasteiger partial charge in [0.2, 0.25) is 0 Å². The Morgan fingerprint density at radius 1 is 1.80 bits per heavy atom. The van der Waals surface area contributed by atoms with Gasteiger partial charge in [0.15, 0.2) is 0 Å². The Kier molecular flexibility index (Phi) is 8.22. The number of carbonyl (C=O) groups is 1. The van der Waals surface area contributed by atoms with Crippen LogP contribution in [0.25, 0.3) is 0 Å². The van der Waals surface area contributed by atoms with Gasteiger partial charge in [-0.3, -0.25) is 0 Å². The van der Waals surface area contributed by atoms with Gasteiger partial charge in [-0.25, -0.2) is 0 Å². The zero-order valence-electron chi connectivity index (χ0n) is 2.40. The zero-order chi connectivity index (χ0) is 3.58. The molecular weight excluding hydrogens is 259 g/mol. The van der Waals surface area contributed by atoms with Crippen molar-refractivity contribution in [3.63, 3.8) is 0 Å². The molecule has 0 fully saturated rings. The van der Waals surface area contributed by atoms with Crippen molar-refractivity contribution < 1.29 is 25.9 Å². The van der Waals surface area contributed by atoms with Gasteiger partial charge in [-0.2, -0.15) is 0 Å². The zero-order valence-corrected chi connectivity index (χ0v) is 6.09. The first-order valence-corrected chi connectivity index (χ1v) is 1.12. The van der Waals surface area contributed by atoms with Crippen molar-refractivity contribution in [2.75, 3.05) is 0 Å². The summed E-state index contributed by atoms with van der Waals surface area (Å²) in [4.78, 5) is 9.10. The molecule has 0 atom stereocenters. The maximum Gasteiger partial charge on any atom is 0.0851 e. The second-order valence-electron chi connectivity index (χ2n) is 0.355. The van der Waals surface area contributed by atoms with Crippen LogP contribution in [-0.2, 0) is 25.9 Å². The third-order valence-corrected chi connectivity index (χ3v) is 0. The number of halogens is 1. The van der Waals surface area contributed by atoms with Crippen LogP contribution in [0.3, 0.4) is 0 Å². The Bertz CT molecular complexity index is 32.6. The van der Waals surface area contributed by atoms with E-state index in [9.17, 15) is 0 Å². The Morgan fingerprint density at radius 2 is 1.80 bits per heavy atom. The van der Waals surface area contributed by atoms with Gasteiger partial charge in [0.05, 0.1) is 5.24 Å². The van der Waals surface area contributed by atoms with E-state index in [1.807, 2.05) is 0 Å². The summed E-state index contributed by atoms with van der Waals surface area (Å²) >= 11 is 4.52. The molecule has 0 aromatic rings. The average Bonchev–Trinajstić information content (AvgIpc) is 0.811. The van der Waals surface area contributed by atoms with Crippen LogP contribution in [0.5, 0.6) is 0 Å². The van der Waals surface area contributed by atoms with E-state index in [-0.39, 0.29) is 21.1 Å². The molecule has 0 aromatic carbocycles. The van der Waals surface area contributed by atoms with E-state index in [0.717, 1.165) is 0 Å². The molecule has 3 heteroatoms. The van der Waals surface area contributed by atoms with Gasteiger partial charge in [0.25, 0.3) is 0 Å². The van der Waals surface area contributed by atoms with Crippen molar-refractivity contribution in [1.82, 2.24) is 0 Å². The third kappa shape index (κ3) is 107.